The molecule has 0 saturated heterocycles. The molecule has 0 bridgehead atoms. The Bertz CT molecular complexity index is 1590. The summed E-state index contributed by atoms with van der Waals surface area (Å²) in [5.41, 5.74) is 4.79. The van der Waals surface area contributed by atoms with Crippen molar-refractivity contribution in [1.29, 1.82) is 0 Å². The highest BCUT2D eigenvalue weighted by Crippen LogP contribution is 2.45. The van der Waals surface area contributed by atoms with E-state index in [1.807, 2.05) is 67.6 Å². The Labute approximate surface area is 244 Å². The summed E-state index contributed by atoms with van der Waals surface area (Å²) < 4.78 is 21.8. The van der Waals surface area contributed by atoms with Crippen molar-refractivity contribution < 1.29 is 23.7 Å². The Morgan fingerprint density at radius 1 is 0.854 bits per heavy atom. The van der Waals surface area contributed by atoms with Crippen LogP contribution in [0.3, 0.4) is 0 Å². The molecule has 0 fully saturated rings. The standard InChI is InChI=1S/C32H32ClN3O5/c1-19-8-6-7-9-24(19)31-29-25(33)16-28(34-17-20-10-12-22(38-2)14-26(20)40-4)35-30(29)32(37)36(31)18-21-11-13-23(39-3)15-27(21)41-5/h6-16,31H,17-18H2,1-5H3,(H,34,35). The number of amides is 1. The summed E-state index contributed by atoms with van der Waals surface area (Å²) in [6.07, 6.45) is 0. The second-order valence-electron chi connectivity index (χ2n) is 9.65. The molecule has 4 aromatic rings. The van der Waals surface area contributed by atoms with Gasteiger partial charge in [0.15, 0.2) is 0 Å². The van der Waals surface area contributed by atoms with Gasteiger partial charge in [0.05, 0.1) is 46.0 Å². The molecule has 1 aromatic heterocycles. The van der Waals surface area contributed by atoms with Crippen molar-refractivity contribution in [3.63, 3.8) is 0 Å². The van der Waals surface area contributed by atoms with E-state index in [1.165, 1.54) is 0 Å². The summed E-state index contributed by atoms with van der Waals surface area (Å²) in [7, 11) is 6.43. The van der Waals surface area contributed by atoms with Crippen molar-refractivity contribution in [2.75, 3.05) is 33.8 Å². The molecule has 8 nitrogen and oxygen atoms in total. The van der Waals surface area contributed by atoms with E-state index in [0.29, 0.717) is 58.2 Å². The molecule has 3 aromatic carbocycles. The van der Waals surface area contributed by atoms with Gasteiger partial charge in [0, 0.05) is 35.4 Å². The zero-order valence-corrected chi connectivity index (χ0v) is 24.4. The molecule has 41 heavy (non-hydrogen) atoms. The maximum atomic E-state index is 14.0. The van der Waals surface area contributed by atoms with Crippen LogP contribution in [0.15, 0.2) is 66.7 Å². The predicted octanol–water partition coefficient (Wildman–Crippen LogP) is 6.44. The van der Waals surface area contributed by atoms with E-state index >= 15 is 0 Å². The van der Waals surface area contributed by atoms with Crippen LogP contribution in [-0.2, 0) is 13.1 Å². The van der Waals surface area contributed by atoms with Crippen molar-refractivity contribution in [1.82, 2.24) is 9.88 Å². The minimum Gasteiger partial charge on any atom is -0.497 e. The molecule has 0 aliphatic carbocycles. The number of rotatable bonds is 10. The first-order valence-corrected chi connectivity index (χ1v) is 13.5. The van der Waals surface area contributed by atoms with Crippen LogP contribution in [0.1, 0.15) is 44.3 Å². The van der Waals surface area contributed by atoms with Crippen molar-refractivity contribution in [2.45, 2.75) is 26.1 Å². The summed E-state index contributed by atoms with van der Waals surface area (Å²) in [5, 5.41) is 3.77. The Morgan fingerprint density at radius 3 is 2.12 bits per heavy atom. The number of aromatic nitrogens is 1. The van der Waals surface area contributed by atoms with Crippen LogP contribution in [0.2, 0.25) is 5.02 Å². The minimum atomic E-state index is -0.416. The van der Waals surface area contributed by atoms with E-state index < -0.39 is 6.04 Å². The number of aryl methyl sites for hydroxylation is 1. The summed E-state index contributed by atoms with van der Waals surface area (Å²) in [6, 6.07) is 20.5. The quantitative estimate of drug-likeness (QED) is 0.234. The lowest BCUT2D eigenvalue weighted by atomic mass is 9.95. The van der Waals surface area contributed by atoms with Crippen molar-refractivity contribution >= 4 is 23.3 Å². The highest BCUT2D eigenvalue weighted by Gasteiger charge is 2.42. The molecule has 0 saturated carbocycles. The molecule has 1 N–H and O–H groups in total. The molecule has 2 heterocycles. The zero-order chi connectivity index (χ0) is 29.1. The number of fused-ring (bicyclic) bond motifs is 1. The Hall–Kier alpha value is -4.43. The van der Waals surface area contributed by atoms with Crippen LogP contribution in [0.25, 0.3) is 0 Å². The van der Waals surface area contributed by atoms with Gasteiger partial charge in [-0.25, -0.2) is 4.98 Å². The highest BCUT2D eigenvalue weighted by molar-refractivity contribution is 6.32. The number of carbonyl (C=O) groups excluding carboxylic acids is 1. The predicted molar refractivity (Wildman–Crippen MR) is 159 cm³/mol. The fourth-order valence-electron chi connectivity index (χ4n) is 5.18. The second-order valence-corrected chi connectivity index (χ2v) is 10.1. The van der Waals surface area contributed by atoms with Gasteiger partial charge in [-0.05, 0) is 48.4 Å². The summed E-state index contributed by atoms with van der Waals surface area (Å²) in [5.74, 6) is 2.97. The van der Waals surface area contributed by atoms with E-state index in [-0.39, 0.29) is 5.91 Å². The summed E-state index contributed by atoms with van der Waals surface area (Å²) in [6.45, 7) is 2.74. The van der Waals surface area contributed by atoms with Gasteiger partial charge in [-0.15, -0.1) is 0 Å². The number of anilines is 1. The van der Waals surface area contributed by atoms with E-state index in [4.69, 9.17) is 35.5 Å². The van der Waals surface area contributed by atoms with Crippen molar-refractivity contribution in [3.8, 4) is 23.0 Å². The Kier molecular flexibility index (Phi) is 8.21. The van der Waals surface area contributed by atoms with Crippen LogP contribution in [0.4, 0.5) is 5.82 Å². The number of carbonyl (C=O) groups is 1. The first kappa shape index (κ1) is 28.1. The molecule has 0 radical (unpaired) electrons. The third-order valence-corrected chi connectivity index (χ3v) is 7.64. The van der Waals surface area contributed by atoms with Crippen LogP contribution in [0.5, 0.6) is 23.0 Å². The highest BCUT2D eigenvalue weighted by atomic mass is 35.5. The first-order valence-electron chi connectivity index (χ1n) is 13.1. The van der Waals surface area contributed by atoms with Gasteiger partial charge in [-0.2, -0.15) is 0 Å². The lowest BCUT2D eigenvalue weighted by molar-refractivity contribution is 0.0730. The number of hydrogen-bond acceptors (Lipinski definition) is 7. The van der Waals surface area contributed by atoms with Gasteiger partial charge < -0.3 is 29.2 Å². The Balaban J connectivity index is 1.52. The third-order valence-electron chi connectivity index (χ3n) is 7.33. The number of halogens is 1. The largest absolute Gasteiger partial charge is 0.497 e. The molecular formula is C32H32ClN3O5. The van der Waals surface area contributed by atoms with Crippen LogP contribution < -0.4 is 24.3 Å². The van der Waals surface area contributed by atoms with Gasteiger partial charge in [0.1, 0.15) is 34.5 Å². The van der Waals surface area contributed by atoms with Gasteiger partial charge in [0.25, 0.3) is 5.91 Å². The number of benzene rings is 3. The van der Waals surface area contributed by atoms with E-state index in [0.717, 1.165) is 22.3 Å². The van der Waals surface area contributed by atoms with Gasteiger partial charge in [0.2, 0.25) is 0 Å². The topological polar surface area (TPSA) is 82.2 Å². The van der Waals surface area contributed by atoms with Crippen molar-refractivity contribution in [2.24, 2.45) is 0 Å². The summed E-state index contributed by atoms with van der Waals surface area (Å²) >= 11 is 6.94. The smallest absolute Gasteiger partial charge is 0.274 e. The number of pyridine rings is 1. The average Bonchev–Trinajstić information content (AvgIpc) is 3.27. The zero-order valence-electron chi connectivity index (χ0n) is 23.7. The van der Waals surface area contributed by atoms with Gasteiger partial charge in [-0.1, -0.05) is 35.9 Å². The number of nitrogens with zero attached hydrogens (tertiary/aromatic N) is 2. The Morgan fingerprint density at radius 2 is 1.49 bits per heavy atom. The van der Waals surface area contributed by atoms with Gasteiger partial charge in [-0.3, -0.25) is 4.79 Å². The molecule has 1 aliphatic heterocycles. The number of nitrogens with one attached hydrogen (secondary N) is 1. The van der Waals surface area contributed by atoms with E-state index in [1.54, 1.807) is 39.4 Å². The van der Waals surface area contributed by atoms with Crippen LogP contribution in [0, 0.1) is 6.92 Å². The fourth-order valence-corrected chi connectivity index (χ4v) is 5.47. The summed E-state index contributed by atoms with van der Waals surface area (Å²) in [4.78, 5) is 20.6. The molecule has 1 atom stereocenters. The second kappa shape index (κ2) is 12.0. The molecule has 5 rings (SSSR count). The molecule has 0 spiro atoms. The normalized spacial score (nSPS) is 14.0. The molecular weight excluding hydrogens is 542 g/mol. The molecule has 1 amide bonds. The molecule has 212 valence electrons. The van der Waals surface area contributed by atoms with Crippen LogP contribution in [-0.4, -0.2) is 44.2 Å². The third kappa shape index (κ3) is 5.47. The van der Waals surface area contributed by atoms with Crippen LogP contribution >= 0.6 is 11.6 Å². The maximum Gasteiger partial charge on any atom is 0.274 e. The maximum absolute atomic E-state index is 14.0. The monoisotopic (exact) mass is 573 g/mol. The van der Waals surface area contributed by atoms with Crippen molar-refractivity contribution in [3.05, 3.63) is 105 Å². The van der Waals surface area contributed by atoms with Gasteiger partial charge >= 0.3 is 0 Å². The number of methoxy groups -OCH3 is 4. The van der Waals surface area contributed by atoms with E-state index in [2.05, 4.69) is 5.32 Å². The average molecular weight is 574 g/mol. The molecule has 1 aliphatic rings. The molecule has 1 unspecified atom stereocenters. The SMILES string of the molecule is COc1ccc(CNc2cc(Cl)c3c(n2)C(=O)N(Cc2ccc(OC)cc2OC)C3c2ccccc2C)c(OC)c1. The lowest BCUT2D eigenvalue weighted by Gasteiger charge is -2.28. The molecule has 9 heteroatoms. The van der Waals surface area contributed by atoms with E-state index in [9.17, 15) is 4.79 Å². The fraction of sp³-hybridized carbons (Fsp3) is 0.250. The lowest BCUT2D eigenvalue weighted by Crippen LogP contribution is -2.29. The number of hydrogen-bond donors (Lipinski definition) is 1. The first-order chi connectivity index (χ1) is 19.9. The number of ether oxygens (including phenoxy) is 4. The minimum absolute atomic E-state index is 0.210.